The number of amides is 1. The molecule has 13 heavy (non-hydrogen) atoms. The molecule has 0 aliphatic rings. The van der Waals surface area contributed by atoms with Gasteiger partial charge in [0.1, 0.15) is 6.10 Å². The van der Waals surface area contributed by atoms with Crippen LogP contribution >= 0.6 is 0 Å². The van der Waals surface area contributed by atoms with E-state index in [0.29, 0.717) is 0 Å². The predicted molar refractivity (Wildman–Crippen MR) is 46.0 cm³/mol. The molecule has 1 unspecified atom stereocenters. The van der Waals surface area contributed by atoms with Gasteiger partial charge < -0.3 is 16.2 Å². The molecular weight excluding hydrogens is 198 g/mol. The van der Waals surface area contributed by atoms with Gasteiger partial charge in [-0.15, -0.1) is 0 Å². The predicted octanol–water partition coefficient (Wildman–Crippen LogP) is -3.29. The first-order chi connectivity index (χ1) is 5.83. The van der Waals surface area contributed by atoms with Gasteiger partial charge in [0.25, 0.3) is 0 Å². The van der Waals surface area contributed by atoms with Crippen molar-refractivity contribution in [2.24, 2.45) is 10.9 Å². The monoisotopic (exact) mass is 211 g/mol. The Balaban J connectivity index is 3.53. The molecule has 1 amide bonds. The third kappa shape index (κ3) is 7.65. The molecule has 8 heteroatoms. The molecule has 0 fully saturated rings. The third-order valence-electron chi connectivity index (χ3n) is 1.23. The van der Waals surface area contributed by atoms with Crippen LogP contribution in [0.15, 0.2) is 0 Å². The Bertz CT molecular complexity index is 263. The number of nitrogens with one attached hydrogen (secondary N) is 1. The number of primary sulfonamides is 1. The van der Waals surface area contributed by atoms with Crippen molar-refractivity contribution < 1.29 is 18.3 Å². The van der Waals surface area contributed by atoms with Crippen molar-refractivity contribution in [2.45, 2.75) is 6.10 Å². The molecule has 0 aromatic rings. The number of carbonyl (C=O) groups excluding carboxylic acids is 1. The summed E-state index contributed by atoms with van der Waals surface area (Å²) in [6, 6.07) is 0. The summed E-state index contributed by atoms with van der Waals surface area (Å²) in [6.07, 6.45) is -1.31. The highest BCUT2D eigenvalue weighted by atomic mass is 32.2. The van der Waals surface area contributed by atoms with E-state index in [2.05, 4.69) is 5.32 Å². The van der Waals surface area contributed by atoms with Gasteiger partial charge in [-0.2, -0.15) is 0 Å². The Hall–Kier alpha value is -0.700. The third-order valence-corrected chi connectivity index (χ3v) is 2.00. The molecule has 78 valence electrons. The maximum Gasteiger partial charge on any atom is 0.247 e. The summed E-state index contributed by atoms with van der Waals surface area (Å²) >= 11 is 0. The quantitative estimate of drug-likeness (QED) is 0.341. The summed E-state index contributed by atoms with van der Waals surface area (Å²) in [5, 5.41) is 16.0. The molecule has 0 saturated carbocycles. The molecule has 0 rings (SSSR count). The second-order valence-electron chi connectivity index (χ2n) is 2.49. The van der Waals surface area contributed by atoms with Crippen LogP contribution in [0.2, 0.25) is 0 Å². The number of hydrogen-bond acceptors (Lipinski definition) is 5. The summed E-state index contributed by atoms with van der Waals surface area (Å²) in [5.41, 5.74) is 4.73. The maximum atomic E-state index is 10.4. The normalized spacial score (nSPS) is 14.0. The van der Waals surface area contributed by atoms with E-state index < -0.39 is 22.0 Å². The zero-order valence-electron chi connectivity index (χ0n) is 6.93. The van der Waals surface area contributed by atoms with Crippen molar-refractivity contribution >= 4 is 15.9 Å². The van der Waals surface area contributed by atoms with Gasteiger partial charge >= 0.3 is 0 Å². The number of rotatable bonds is 6. The SMILES string of the molecule is NC(=O)C(O)CNCCS(N)(=O)=O. The van der Waals surface area contributed by atoms with Gasteiger partial charge in [0.15, 0.2) is 0 Å². The van der Waals surface area contributed by atoms with Crippen molar-refractivity contribution in [1.82, 2.24) is 5.32 Å². The summed E-state index contributed by atoms with van der Waals surface area (Å²) < 4.78 is 20.8. The van der Waals surface area contributed by atoms with Gasteiger partial charge in [0.05, 0.1) is 5.75 Å². The van der Waals surface area contributed by atoms with Crippen LogP contribution in [0.4, 0.5) is 0 Å². The van der Waals surface area contributed by atoms with Crippen molar-refractivity contribution in [3.63, 3.8) is 0 Å². The van der Waals surface area contributed by atoms with Crippen molar-refractivity contribution in [2.75, 3.05) is 18.8 Å². The van der Waals surface area contributed by atoms with Gasteiger partial charge in [0.2, 0.25) is 15.9 Å². The topological polar surface area (TPSA) is 136 Å². The zero-order chi connectivity index (χ0) is 10.5. The van der Waals surface area contributed by atoms with Crippen LogP contribution in [-0.2, 0) is 14.8 Å². The molecule has 7 nitrogen and oxygen atoms in total. The van der Waals surface area contributed by atoms with Crippen LogP contribution in [-0.4, -0.2) is 44.4 Å². The number of aliphatic hydroxyl groups is 1. The molecular formula is C5H13N3O4S. The lowest BCUT2D eigenvalue weighted by Gasteiger charge is -2.06. The number of aliphatic hydroxyl groups excluding tert-OH is 1. The van der Waals surface area contributed by atoms with E-state index in [0.717, 1.165) is 0 Å². The summed E-state index contributed by atoms with van der Waals surface area (Å²) in [4.78, 5) is 10.3. The standard InChI is InChI=1S/C5H13N3O4S/c6-5(10)4(9)3-8-1-2-13(7,11)12/h4,8-9H,1-3H2,(H2,6,10)(H2,7,11,12). The number of carbonyl (C=O) groups is 1. The van der Waals surface area contributed by atoms with E-state index in [1.807, 2.05) is 0 Å². The van der Waals surface area contributed by atoms with Crippen LogP contribution in [0, 0.1) is 0 Å². The van der Waals surface area contributed by atoms with Crippen LogP contribution in [0.1, 0.15) is 0 Å². The largest absolute Gasteiger partial charge is 0.382 e. The number of sulfonamides is 1. The fraction of sp³-hybridized carbons (Fsp3) is 0.800. The van der Waals surface area contributed by atoms with Gasteiger partial charge in [0, 0.05) is 13.1 Å². The van der Waals surface area contributed by atoms with Gasteiger partial charge in [-0.05, 0) is 0 Å². The van der Waals surface area contributed by atoms with Crippen molar-refractivity contribution in [1.29, 1.82) is 0 Å². The first kappa shape index (κ1) is 12.3. The molecule has 0 aromatic carbocycles. The molecule has 0 spiro atoms. The fourth-order valence-electron chi connectivity index (χ4n) is 0.554. The average Bonchev–Trinajstić information content (AvgIpc) is 1.95. The molecule has 0 bridgehead atoms. The highest BCUT2D eigenvalue weighted by Crippen LogP contribution is 1.78. The Morgan fingerprint density at radius 3 is 2.46 bits per heavy atom. The summed E-state index contributed by atoms with van der Waals surface area (Å²) in [7, 11) is -3.50. The minimum Gasteiger partial charge on any atom is -0.382 e. The van der Waals surface area contributed by atoms with Gasteiger partial charge in [-0.1, -0.05) is 0 Å². The fourth-order valence-corrected chi connectivity index (χ4v) is 0.983. The minimum atomic E-state index is -3.50. The molecule has 0 aromatic heterocycles. The molecule has 0 radical (unpaired) electrons. The molecule has 6 N–H and O–H groups in total. The van der Waals surface area contributed by atoms with E-state index in [1.54, 1.807) is 0 Å². The highest BCUT2D eigenvalue weighted by molar-refractivity contribution is 7.89. The van der Waals surface area contributed by atoms with Crippen LogP contribution in [0.5, 0.6) is 0 Å². The first-order valence-corrected chi connectivity index (χ1v) is 5.23. The number of hydrogen-bond donors (Lipinski definition) is 4. The Labute approximate surface area is 76.1 Å². The summed E-state index contributed by atoms with van der Waals surface area (Å²) in [5.74, 6) is -1.11. The lowest BCUT2D eigenvalue weighted by molar-refractivity contribution is -0.125. The van der Waals surface area contributed by atoms with E-state index in [-0.39, 0.29) is 18.8 Å². The van der Waals surface area contributed by atoms with Crippen molar-refractivity contribution in [3.05, 3.63) is 0 Å². The Morgan fingerprint density at radius 1 is 1.54 bits per heavy atom. The lowest BCUT2D eigenvalue weighted by atomic mass is 10.3. The van der Waals surface area contributed by atoms with E-state index in [9.17, 15) is 13.2 Å². The van der Waals surface area contributed by atoms with Gasteiger partial charge in [-0.25, -0.2) is 13.6 Å². The minimum absolute atomic E-state index is 0.0726. The molecule has 0 saturated heterocycles. The van der Waals surface area contributed by atoms with Crippen LogP contribution in [0.3, 0.4) is 0 Å². The van der Waals surface area contributed by atoms with E-state index >= 15 is 0 Å². The Morgan fingerprint density at radius 2 is 2.08 bits per heavy atom. The summed E-state index contributed by atoms with van der Waals surface area (Å²) in [6.45, 7) is -0.00593. The molecule has 0 aliphatic carbocycles. The smallest absolute Gasteiger partial charge is 0.247 e. The molecule has 0 aliphatic heterocycles. The van der Waals surface area contributed by atoms with Crippen LogP contribution < -0.4 is 16.2 Å². The maximum absolute atomic E-state index is 10.4. The number of primary amides is 1. The zero-order valence-corrected chi connectivity index (χ0v) is 7.75. The average molecular weight is 211 g/mol. The Kier molecular flexibility index (Phi) is 4.85. The molecule has 1 atom stereocenters. The van der Waals surface area contributed by atoms with Crippen molar-refractivity contribution in [3.8, 4) is 0 Å². The second-order valence-corrected chi connectivity index (χ2v) is 4.22. The second kappa shape index (κ2) is 5.12. The highest BCUT2D eigenvalue weighted by Gasteiger charge is 2.09. The van der Waals surface area contributed by atoms with Crippen LogP contribution in [0.25, 0.3) is 0 Å². The van der Waals surface area contributed by atoms with E-state index in [4.69, 9.17) is 16.0 Å². The number of nitrogens with two attached hydrogens (primary N) is 2. The lowest BCUT2D eigenvalue weighted by Crippen LogP contribution is -2.39. The molecule has 0 heterocycles. The van der Waals surface area contributed by atoms with Gasteiger partial charge in [-0.3, -0.25) is 4.79 Å². The first-order valence-electron chi connectivity index (χ1n) is 3.51. The van der Waals surface area contributed by atoms with E-state index in [1.165, 1.54) is 0 Å².